The molecule has 1 saturated heterocycles. The topological polar surface area (TPSA) is 46.3 Å². The third-order valence-corrected chi connectivity index (χ3v) is 5.12. The van der Waals surface area contributed by atoms with Gasteiger partial charge in [0.05, 0.1) is 5.54 Å². The summed E-state index contributed by atoms with van der Waals surface area (Å²) in [5, 5.41) is 0. The van der Waals surface area contributed by atoms with E-state index in [0.29, 0.717) is 6.04 Å². The second-order valence-electron chi connectivity index (χ2n) is 6.70. The lowest BCUT2D eigenvalue weighted by molar-refractivity contribution is -0.139. The lowest BCUT2D eigenvalue weighted by Crippen LogP contribution is -2.57. The Balaban J connectivity index is 1.70. The number of carbonyl (C=O) groups excluding carboxylic acids is 1. The molecule has 1 unspecified atom stereocenters. The van der Waals surface area contributed by atoms with E-state index in [1.165, 1.54) is 12.0 Å². The molecule has 1 aliphatic heterocycles. The van der Waals surface area contributed by atoms with Crippen molar-refractivity contribution in [1.82, 2.24) is 4.90 Å². The van der Waals surface area contributed by atoms with Gasteiger partial charge < -0.3 is 10.6 Å². The number of hydrogen-bond donors (Lipinski definition) is 1. The monoisotopic (exact) mass is 286 g/mol. The van der Waals surface area contributed by atoms with Gasteiger partial charge in [0, 0.05) is 12.6 Å². The molecule has 3 nitrogen and oxygen atoms in total. The van der Waals surface area contributed by atoms with Gasteiger partial charge in [-0.15, -0.1) is 0 Å². The van der Waals surface area contributed by atoms with Crippen LogP contribution in [0.15, 0.2) is 30.3 Å². The van der Waals surface area contributed by atoms with Crippen LogP contribution in [0.25, 0.3) is 0 Å². The molecule has 21 heavy (non-hydrogen) atoms. The highest BCUT2D eigenvalue weighted by molar-refractivity contribution is 5.86. The fraction of sp³-hybridized carbons (Fsp3) is 0.611. The van der Waals surface area contributed by atoms with Crippen molar-refractivity contribution in [3.63, 3.8) is 0 Å². The van der Waals surface area contributed by atoms with Crippen LogP contribution in [-0.4, -0.2) is 28.9 Å². The molecule has 2 N–H and O–H groups in total. The Morgan fingerprint density at radius 1 is 1.14 bits per heavy atom. The molecule has 1 aliphatic carbocycles. The third kappa shape index (κ3) is 3.13. The molecule has 3 rings (SSSR count). The first kappa shape index (κ1) is 14.6. The summed E-state index contributed by atoms with van der Waals surface area (Å²) in [5.41, 5.74) is 7.18. The van der Waals surface area contributed by atoms with Gasteiger partial charge >= 0.3 is 0 Å². The van der Waals surface area contributed by atoms with Crippen molar-refractivity contribution in [3.8, 4) is 0 Å². The van der Waals surface area contributed by atoms with Crippen LogP contribution in [0.4, 0.5) is 0 Å². The maximum atomic E-state index is 12.9. The predicted octanol–water partition coefficient (Wildman–Crippen LogP) is 2.88. The standard InChI is InChI=1S/C18H26N2O/c19-18(11-5-2-6-12-18)17(21)20-13-7-10-16(20)14-15-8-3-1-4-9-15/h1,3-4,8-9,16H,2,5-7,10-14,19H2. The van der Waals surface area contributed by atoms with Crippen LogP contribution in [0, 0.1) is 0 Å². The number of rotatable bonds is 3. The number of nitrogens with two attached hydrogens (primary N) is 1. The van der Waals surface area contributed by atoms with Crippen molar-refractivity contribution in [3.05, 3.63) is 35.9 Å². The van der Waals surface area contributed by atoms with E-state index in [1.54, 1.807) is 0 Å². The zero-order valence-electron chi connectivity index (χ0n) is 12.8. The molecule has 0 bridgehead atoms. The van der Waals surface area contributed by atoms with Crippen molar-refractivity contribution in [1.29, 1.82) is 0 Å². The molecular formula is C18H26N2O. The molecule has 0 radical (unpaired) electrons. The van der Waals surface area contributed by atoms with Crippen molar-refractivity contribution >= 4 is 5.91 Å². The zero-order valence-corrected chi connectivity index (χ0v) is 12.8. The summed E-state index contributed by atoms with van der Waals surface area (Å²) >= 11 is 0. The SMILES string of the molecule is NC1(C(=O)N2CCCC2Cc2ccccc2)CCCCC1. The molecule has 114 valence electrons. The summed E-state index contributed by atoms with van der Waals surface area (Å²) in [4.78, 5) is 15.0. The van der Waals surface area contributed by atoms with Crippen molar-refractivity contribution in [2.24, 2.45) is 5.73 Å². The molecule has 1 aromatic carbocycles. The van der Waals surface area contributed by atoms with E-state index < -0.39 is 5.54 Å². The van der Waals surface area contributed by atoms with Crippen molar-refractivity contribution in [2.45, 2.75) is 62.9 Å². The summed E-state index contributed by atoms with van der Waals surface area (Å²) in [7, 11) is 0. The number of benzene rings is 1. The average molecular weight is 286 g/mol. The van der Waals surface area contributed by atoms with Gasteiger partial charge in [-0.25, -0.2) is 0 Å². The van der Waals surface area contributed by atoms with Crippen molar-refractivity contribution < 1.29 is 4.79 Å². The van der Waals surface area contributed by atoms with Crippen LogP contribution in [0.3, 0.4) is 0 Å². The third-order valence-electron chi connectivity index (χ3n) is 5.12. The second kappa shape index (κ2) is 6.18. The summed E-state index contributed by atoms with van der Waals surface area (Å²) in [5.74, 6) is 0.209. The number of likely N-dealkylation sites (tertiary alicyclic amines) is 1. The minimum Gasteiger partial charge on any atom is -0.338 e. The highest BCUT2D eigenvalue weighted by atomic mass is 16.2. The molecule has 2 fully saturated rings. The number of carbonyl (C=O) groups is 1. The maximum Gasteiger partial charge on any atom is 0.242 e. The number of hydrogen-bond acceptors (Lipinski definition) is 2. The molecule has 1 aromatic rings. The quantitative estimate of drug-likeness (QED) is 0.928. The van der Waals surface area contributed by atoms with Gasteiger partial charge in [-0.05, 0) is 37.7 Å². The summed E-state index contributed by atoms with van der Waals surface area (Å²) in [6, 6.07) is 10.8. The Morgan fingerprint density at radius 2 is 1.86 bits per heavy atom. The van der Waals surface area contributed by atoms with Crippen LogP contribution >= 0.6 is 0 Å². The molecule has 3 heteroatoms. The Bertz CT molecular complexity index is 479. The molecular weight excluding hydrogens is 260 g/mol. The first-order chi connectivity index (χ1) is 10.2. The Hall–Kier alpha value is -1.35. The van der Waals surface area contributed by atoms with Gasteiger partial charge in [0.2, 0.25) is 5.91 Å². The van der Waals surface area contributed by atoms with E-state index in [4.69, 9.17) is 5.73 Å². The summed E-state index contributed by atoms with van der Waals surface area (Å²) < 4.78 is 0. The molecule has 1 heterocycles. The van der Waals surface area contributed by atoms with Crippen LogP contribution in [0.5, 0.6) is 0 Å². The van der Waals surface area contributed by atoms with E-state index in [2.05, 4.69) is 29.2 Å². The summed E-state index contributed by atoms with van der Waals surface area (Å²) in [6.45, 7) is 0.884. The van der Waals surface area contributed by atoms with E-state index >= 15 is 0 Å². The normalized spacial score (nSPS) is 25.0. The highest BCUT2D eigenvalue weighted by Crippen LogP contribution is 2.31. The summed E-state index contributed by atoms with van der Waals surface area (Å²) in [6.07, 6.45) is 8.32. The maximum absolute atomic E-state index is 12.9. The fourth-order valence-electron chi connectivity index (χ4n) is 3.88. The van der Waals surface area contributed by atoms with E-state index in [1.807, 2.05) is 6.07 Å². The lowest BCUT2D eigenvalue weighted by Gasteiger charge is -2.37. The van der Waals surface area contributed by atoms with Crippen LogP contribution < -0.4 is 5.73 Å². The van der Waals surface area contributed by atoms with Gasteiger partial charge in [-0.3, -0.25) is 4.79 Å². The molecule has 1 saturated carbocycles. The van der Waals surface area contributed by atoms with Crippen LogP contribution in [-0.2, 0) is 11.2 Å². The zero-order chi connectivity index (χ0) is 14.7. The van der Waals surface area contributed by atoms with Gasteiger partial charge in [0.1, 0.15) is 0 Å². The van der Waals surface area contributed by atoms with Gasteiger partial charge in [-0.1, -0.05) is 49.6 Å². The fourth-order valence-corrected chi connectivity index (χ4v) is 3.88. The van der Waals surface area contributed by atoms with Crippen LogP contribution in [0.2, 0.25) is 0 Å². The van der Waals surface area contributed by atoms with E-state index in [-0.39, 0.29) is 5.91 Å². The van der Waals surface area contributed by atoms with Crippen molar-refractivity contribution in [2.75, 3.05) is 6.54 Å². The number of nitrogens with zero attached hydrogens (tertiary/aromatic N) is 1. The van der Waals surface area contributed by atoms with Gasteiger partial charge in [-0.2, -0.15) is 0 Å². The molecule has 0 aromatic heterocycles. The predicted molar refractivity (Wildman–Crippen MR) is 84.9 cm³/mol. The number of amides is 1. The Morgan fingerprint density at radius 3 is 2.57 bits per heavy atom. The lowest BCUT2D eigenvalue weighted by atomic mass is 9.81. The second-order valence-corrected chi connectivity index (χ2v) is 6.70. The van der Waals surface area contributed by atoms with Gasteiger partial charge in [0.15, 0.2) is 0 Å². The molecule has 1 atom stereocenters. The first-order valence-corrected chi connectivity index (χ1v) is 8.33. The van der Waals surface area contributed by atoms with E-state index in [0.717, 1.165) is 51.5 Å². The minimum absolute atomic E-state index is 0.209. The largest absolute Gasteiger partial charge is 0.338 e. The minimum atomic E-state index is -0.586. The molecule has 0 spiro atoms. The Kier molecular flexibility index (Phi) is 4.29. The Labute approximate surface area is 127 Å². The van der Waals surface area contributed by atoms with Gasteiger partial charge in [0.25, 0.3) is 0 Å². The molecule has 1 amide bonds. The van der Waals surface area contributed by atoms with Crippen LogP contribution in [0.1, 0.15) is 50.5 Å². The molecule has 2 aliphatic rings. The first-order valence-electron chi connectivity index (χ1n) is 8.33. The van der Waals surface area contributed by atoms with E-state index in [9.17, 15) is 4.79 Å². The smallest absolute Gasteiger partial charge is 0.242 e. The average Bonchev–Trinajstić information content (AvgIpc) is 2.96. The highest BCUT2D eigenvalue weighted by Gasteiger charge is 2.41.